The van der Waals surface area contributed by atoms with Crippen LogP contribution in [0.5, 0.6) is 0 Å². The van der Waals surface area contributed by atoms with Crippen LogP contribution >= 0.6 is 11.3 Å². The van der Waals surface area contributed by atoms with Crippen LogP contribution in [0.25, 0.3) is 0 Å². The molecule has 2 aliphatic heterocycles. The molecule has 0 bridgehead atoms. The fraction of sp³-hybridized carbons (Fsp3) is 0.722. The minimum absolute atomic E-state index is 0.165. The van der Waals surface area contributed by atoms with Crippen molar-refractivity contribution in [3.05, 3.63) is 21.9 Å². The van der Waals surface area contributed by atoms with E-state index in [1.807, 2.05) is 23.2 Å². The maximum absolute atomic E-state index is 12.4. The number of hydrogen-bond acceptors (Lipinski definition) is 5. The number of carbonyl (C=O) groups excluding carboxylic acids is 1. The summed E-state index contributed by atoms with van der Waals surface area (Å²) in [7, 11) is 0. The summed E-state index contributed by atoms with van der Waals surface area (Å²) in [5, 5.41) is 0. The molecule has 0 N–H and O–H groups in total. The van der Waals surface area contributed by atoms with E-state index >= 15 is 0 Å². The molecule has 3 rings (SSSR count). The summed E-state index contributed by atoms with van der Waals surface area (Å²) in [5.74, 6) is 0.254. The molecule has 0 saturated carbocycles. The van der Waals surface area contributed by atoms with Gasteiger partial charge in [-0.1, -0.05) is 6.92 Å². The second-order valence-corrected chi connectivity index (χ2v) is 8.05. The van der Waals surface area contributed by atoms with E-state index in [4.69, 9.17) is 4.74 Å². The number of piperazine rings is 1. The third-order valence-electron chi connectivity index (χ3n) is 4.86. The molecule has 6 heteroatoms. The number of rotatable bonds is 5. The van der Waals surface area contributed by atoms with Crippen molar-refractivity contribution in [2.24, 2.45) is 0 Å². The number of nitrogens with zero attached hydrogens (tertiary/aromatic N) is 3. The Labute approximate surface area is 149 Å². The Hall–Kier alpha value is -0.950. The zero-order chi connectivity index (χ0) is 16.9. The number of amides is 1. The molecule has 0 aromatic carbocycles. The predicted molar refractivity (Wildman–Crippen MR) is 97.4 cm³/mol. The van der Waals surface area contributed by atoms with Crippen molar-refractivity contribution < 1.29 is 9.53 Å². The van der Waals surface area contributed by atoms with Gasteiger partial charge >= 0.3 is 0 Å². The van der Waals surface area contributed by atoms with Gasteiger partial charge in [0.2, 0.25) is 5.91 Å². The summed E-state index contributed by atoms with van der Waals surface area (Å²) >= 11 is 1.93. The first-order chi connectivity index (χ1) is 11.6. The Bertz CT molecular complexity index is 540. The minimum Gasteiger partial charge on any atom is -0.375 e. The fourth-order valence-corrected chi connectivity index (χ4v) is 4.36. The third kappa shape index (κ3) is 4.79. The monoisotopic (exact) mass is 351 g/mol. The van der Waals surface area contributed by atoms with Crippen LogP contribution in [0.3, 0.4) is 0 Å². The average molecular weight is 352 g/mol. The lowest BCUT2D eigenvalue weighted by Crippen LogP contribution is -2.52. The predicted octanol–water partition coefficient (Wildman–Crippen LogP) is 1.68. The highest BCUT2D eigenvalue weighted by atomic mass is 32.1. The number of carbonyl (C=O) groups is 1. The molecule has 2 aliphatic rings. The highest BCUT2D eigenvalue weighted by Gasteiger charge is 2.25. The van der Waals surface area contributed by atoms with E-state index in [9.17, 15) is 4.79 Å². The lowest BCUT2D eigenvalue weighted by atomic mass is 10.2. The highest BCUT2D eigenvalue weighted by Crippen LogP contribution is 2.19. The largest absolute Gasteiger partial charge is 0.375 e. The summed E-state index contributed by atoms with van der Waals surface area (Å²) in [6.07, 6.45) is 1.29. The van der Waals surface area contributed by atoms with E-state index in [0.29, 0.717) is 13.2 Å². The van der Waals surface area contributed by atoms with Crippen molar-refractivity contribution in [3.63, 3.8) is 0 Å². The molecule has 0 aliphatic carbocycles. The van der Waals surface area contributed by atoms with Gasteiger partial charge in [-0.25, -0.2) is 0 Å². The van der Waals surface area contributed by atoms with Gasteiger partial charge < -0.3 is 9.64 Å². The first kappa shape index (κ1) is 17.9. The van der Waals surface area contributed by atoms with Crippen LogP contribution in [0.15, 0.2) is 12.1 Å². The molecule has 0 spiro atoms. The maximum Gasteiger partial charge on any atom is 0.236 e. The zero-order valence-corrected chi connectivity index (χ0v) is 15.7. The molecule has 2 fully saturated rings. The van der Waals surface area contributed by atoms with E-state index in [0.717, 1.165) is 52.2 Å². The highest BCUT2D eigenvalue weighted by molar-refractivity contribution is 7.11. The SMILES string of the molecule is CCc1ccc(CN2CCN(CC(=O)N3CCOC(C)C3)CC2)s1. The van der Waals surface area contributed by atoms with Gasteiger partial charge in [-0.15, -0.1) is 11.3 Å². The van der Waals surface area contributed by atoms with Crippen molar-refractivity contribution in [2.75, 3.05) is 52.4 Å². The van der Waals surface area contributed by atoms with Gasteiger partial charge in [0.05, 0.1) is 19.3 Å². The minimum atomic E-state index is 0.165. The summed E-state index contributed by atoms with van der Waals surface area (Å²) in [6, 6.07) is 4.51. The Balaban J connectivity index is 1.40. The lowest BCUT2D eigenvalue weighted by molar-refractivity contribution is -0.139. The quantitative estimate of drug-likeness (QED) is 0.809. The van der Waals surface area contributed by atoms with E-state index in [1.54, 1.807) is 0 Å². The van der Waals surface area contributed by atoms with Crippen molar-refractivity contribution in [3.8, 4) is 0 Å². The van der Waals surface area contributed by atoms with Crippen LogP contribution in [-0.4, -0.2) is 79.1 Å². The smallest absolute Gasteiger partial charge is 0.236 e. The van der Waals surface area contributed by atoms with Gasteiger partial charge in [-0.05, 0) is 25.5 Å². The Morgan fingerprint density at radius 2 is 1.88 bits per heavy atom. The van der Waals surface area contributed by atoms with Crippen LogP contribution in [0.2, 0.25) is 0 Å². The van der Waals surface area contributed by atoms with E-state index in [-0.39, 0.29) is 12.0 Å². The molecule has 134 valence electrons. The van der Waals surface area contributed by atoms with Gasteiger partial charge in [0.15, 0.2) is 0 Å². The molecular weight excluding hydrogens is 322 g/mol. The first-order valence-corrected chi connectivity index (χ1v) is 9.87. The molecule has 1 aromatic rings. The normalized spacial score (nSPS) is 23.6. The molecule has 1 atom stereocenters. The number of hydrogen-bond donors (Lipinski definition) is 0. The fourth-order valence-electron chi connectivity index (χ4n) is 3.36. The number of ether oxygens (including phenoxy) is 1. The van der Waals surface area contributed by atoms with Crippen molar-refractivity contribution in [1.29, 1.82) is 0 Å². The molecule has 1 unspecified atom stereocenters. The molecule has 5 nitrogen and oxygen atoms in total. The van der Waals surface area contributed by atoms with Gasteiger partial charge in [-0.3, -0.25) is 14.6 Å². The van der Waals surface area contributed by atoms with Gasteiger partial charge in [0.1, 0.15) is 0 Å². The van der Waals surface area contributed by atoms with Crippen LogP contribution in [-0.2, 0) is 22.5 Å². The summed E-state index contributed by atoms with van der Waals surface area (Å²) < 4.78 is 5.52. The number of aryl methyl sites for hydroxylation is 1. The van der Waals surface area contributed by atoms with Gasteiger partial charge in [-0.2, -0.15) is 0 Å². The van der Waals surface area contributed by atoms with E-state index in [1.165, 1.54) is 9.75 Å². The van der Waals surface area contributed by atoms with Crippen LogP contribution in [0.4, 0.5) is 0 Å². The second kappa shape index (κ2) is 8.43. The van der Waals surface area contributed by atoms with Crippen molar-refractivity contribution in [1.82, 2.24) is 14.7 Å². The third-order valence-corrected chi connectivity index (χ3v) is 6.08. The number of morpholine rings is 1. The Morgan fingerprint density at radius 1 is 1.17 bits per heavy atom. The van der Waals surface area contributed by atoms with Crippen LogP contribution in [0, 0.1) is 0 Å². The average Bonchev–Trinajstić information content (AvgIpc) is 3.04. The van der Waals surface area contributed by atoms with E-state index < -0.39 is 0 Å². The molecule has 24 heavy (non-hydrogen) atoms. The van der Waals surface area contributed by atoms with Crippen LogP contribution < -0.4 is 0 Å². The zero-order valence-electron chi connectivity index (χ0n) is 14.9. The lowest BCUT2D eigenvalue weighted by Gasteiger charge is -2.36. The van der Waals surface area contributed by atoms with E-state index in [2.05, 4.69) is 28.9 Å². The number of thiophene rings is 1. The van der Waals surface area contributed by atoms with Crippen molar-refractivity contribution >= 4 is 17.2 Å². The summed E-state index contributed by atoms with van der Waals surface area (Å²) in [5.41, 5.74) is 0. The maximum atomic E-state index is 12.4. The molecular formula is C18H29N3O2S. The van der Waals surface area contributed by atoms with Crippen molar-refractivity contribution in [2.45, 2.75) is 32.9 Å². The standard InChI is InChI=1S/C18H29N3O2S/c1-3-16-4-5-17(24-16)13-19-6-8-20(9-7-19)14-18(22)21-10-11-23-15(2)12-21/h4-5,15H,3,6-14H2,1-2H3. The van der Waals surface area contributed by atoms with Gasteiger partial charge in [0.25, 0.3) is 0 Å². The molecule has 1 amide bonds. The Kier molecular flexibility index (Phi) is 6.27. The first-order valence-electron chi connectivity index (χ1n) is 9.05. The molecule has 2 saturated heterocycles. The summed E-state index contributed by atoms with van der Waals surface area (Å²) in [6.45, 7) is 12.0. The second-order valence-electron chi connectivity index (χ2n) is 6.80. The molecule has 3 heterocycles. The molecule has 0 radical (unpaired) electrons. The van der Waals surface area contributed by atoms with Gasteiger partial charge in [0, 0.05) is 55.6 Å². The Morgan fingerprint density at radius 3 is 2.54 bits per heavy atom. The topological polar surface area (TPSA) is 36.0 Å². The summed E-state index contributed by atoms with van der Waals surface area (Å²) in [4.78, 5) is 22.1. The van der Waals surface area contributed by atoms with Crippen LogP contribution in [0.1, 0.15) is 23.6 Å². The molecule has 1 aromatic heterocycles.